The fraction of sp³-hybridized carbons (Fsp3) is 0.267. The highest BCUT2D eigenvalue weighted by atomic mass is 15.1. The number of allylic oxidation sites excluding steroid dienone is 4. The van der Waals surface area contributed by atoms with Crippen LogP contribution in [0.15, 0.2) is 54.4 Å². The molecule has 0 aliphatic heterocycles. The normalized spacial score (nSPS) is 24.0. The third-order valence-electron chi connectivity index (χ3n) is 3.42. The second-order valence-corrected chi connectivity index (χ2v) is 4.76. The van der Waals surface area contributed by atoms with Crippen molar-refractivity contribution in [1.82, 2.24) is 9.55 Å². The largest absolute Gasteiger partial charge is 0.325 e. The van der Waals surface area contributed by atoms with Crippen molar-refractivity contribution < 1.29 is 0 Å². The molecule has 0 saturated heterocycles. The lowest BCUT2D eigenvalue weighted by Crippen LogP contribution is -2.15. The lowest BCUT2D eigenvalue weighted by molar-refractivity contribution is 0.493. The van der Waals surface area contributed by atoms with Gasteiger partial charge in [-0.3, -0.25) is 0 Å². The molecule has 0 amide bonds. The number of nitrogens with zero attached hydrogens (tertiary/aromatic N) is 2. The van der Waals surface area contributed by atoms with Crippen molar-refractivity contribution in [3.05, 3.63) is 54.4 Å². The summed E-state index contributed by atoms with van der Waals surface area (Å²) in [7, 11) is 0. The van der Waals surface area contributed by atoms with E-state index in [0.29, 0.717) is 12.0 Å². The molecule has 0 N–H and O–H groups in total. The van der Waals surface area contributed by atoms with Gasteiger partial charge in [0.2, 0.25) is 0 Å². The standard InChI is InChI=1S/C15H16N2/c1-11-5-6-14(12(2)10-11)17-9-7-13-4-3-8-16-15(13)17/h3-10,12,14H,1-2H3. The lowest BCUT2D eigenvalue weighted by atomic mass is 9.93. The molecule has 2 unspecified atom stereocenters. The summed E-state index contributed by atoms with van der Waals surface area (Å²) in [6, 6.07) is 6.60. The number of aromatic nitrogens is 2. The van der Waals surface area contributed by atoms with Crippen LogP contribution in [0, 0.1) is 5.92 Å². The molecule has 1 aliphatic carbocycles. The number of hydrogen-bond acceptors (Lipinski definition) is 1. The van der Waals surface area contributed by atoms with E-state index in [0.717, 1.165) is 5.65 Å². The third-order valence-corrected chi connectivity index (χ3v) is 3.42. The predicted octanol–water partition coefficient (Wildman–Crippen LogP) is 3.73. The summed E-state index contributed by atoms with van der Waals surface area (Å²) < 4.78 is 2.26. The number of rotatable bonds is 1. The fourth-order valence-electron chi connectivity index (χ4n) is 2.57. The van der Waals surface area contributed by atoms with Crippen molar-refractivity contribution in [2.24, 2.45) is 5.92 Å². The molecule has 0 saturated carbocycles. The summed E-state index contributed by atoms with van der Waals surface area (Å²) in [5.41, 5.74) is 2.42. The Morgan fingerprint density at radius 2 is 2.18 bits per heavy atom. The molecule has 0 fully saturated rings. The van der Waals surface area contributed by atoms with Gasteiger partial charge in [0, 0.05) is 17.8 Å². The third kappa shape index (κ3) is 1.70. The van der Waals surface area contributed by atoms with E-state index in [2.05, 4.69) is 60.0 Å². The monoisotopic (exact) mass is 224 g/mol. The summed E-state index contributed by atoms with van der Waals surface area (Å²) in [6.45, 7) is 4.40. The maximum Gasteiger partial charge on any atom is 0.140 e. The zero-order valence-electron chi connectivity index (χ0n) is 10.2. The van der Waals surface area contributed by atoms with Crippen LogP contribution in [-0.2, 0) is 0 Å². The molecule has 1 aliphatic rings. The Balaban J connectivity index is 2.08. The van der Waals surface area contributed by atoms with Crippen LogP contribution in [0.1, 0.15) is 19.9 Å². The summed E-state index contributed by atoms with van der Waals surface area (Å²) >= 11 is 0. The second-order valence-electron chi connectivity index (χ2n) is 4.76. The van der Waals surface area contributed by atoms with Gasteiger partial charge in [-0.25, -0.2) is 4.98 Å². The molecule has 17 heavy (non-hydrogen) atoms. The molecule has 0 spiro atoms. The van der Waals surface area contributed by atoms with E-state index in [9.17, 15) is 0 Å². The molecule has 0 radical (unpaired) electrons. The Morgan fingerprint density at radius 1 is 1.29 bits per heavy atom. The van der Waals surface area contributed by atoms with Crippen LogP contribution in [0.25, 0.3) is 11.0 Å². The van der Waals surface area contributed by atoms with Crippen LogP contribution < -0.4 is 0 Å². The average molecular weight is 224 g/mol. The molecular weight excluding hydrogens is 208 g/mol. The van der Waals surface area contributed by atoms with Gasteiger partial charge in [0.25, 0.3) is 0 Å². The molecule has 86 valence electrons. The molecule has 2 atom stereocenters. The minimum absolute atomic E-state index is 0.381. The molecule has 2 heteroatoms. The van der Waals surface area contributed by atoms with E-state index in [1.807, 2.05) is 12.3 Å². The number of hydrogen-bond donors (Lipinski definition) is 0. The zero-order valence-corrected chi connectivity index (χ0v) is 10.2. The molecule has 2 nitrogen and oxygen atoms in total. The van der Waals surface area contributed by atoms with E-state index >= 15 is 0 Å². The summed E-state index contributed by atoms with van der Waals surface area (Å²) in [5, 5.41) is 1.21. The van der Waals surface area contributed by atoms with Crippen LogP contribution in [-0.4, -0.2) is 9.55 Å². The maximum absolute atomic E-state index is 4.48. The van der Waals surface area contributed by atoms with Gasteiger partial charge in [0.1, 0.15) is 5.65 Å². The summed E-state index contributed by atoms with van der Waals surface area (Å²) in [4.78, 5) is 4.48. The van der Waals surface area contributed by atoms with Gasteiger partial charge in [-0.05, 0) is 31.0 Å². The highest BCUT2D eigenvalue weighted by Gasteiger charge is 2.18. The van der Waals surface area contributed by atoms with Gasteiger partial charge in [-0.2, -0.15) is 0 Å². The summed E-state index contributed by atoms with van der Waals surface area (Å²) in [6.07, 6.45) is 10.8. The first-order valence-electron chi connectivity index (χ1n) is 6.04. The maximum atomic E-state index is 4.48. The van der Waals surface area contributed by atoms with E-state index < -0.39 is 0 Å². The zero-order chi connectivity index (χ0) is 11.8. The van der Waals surface area contributed by atoms with Gasteiger partial charge < -0.3 is 4.57 Å². The van der Waals surface area contributed by atoms with E-state index in [1.165, 1.54) is 11.0 Å². The first kappa shape index (κ1) is 10.3. The Labute approximate surface area is 101 Å². The first-order chi connectivity index (χ1) is 8.25. The smallest absolute Gasteiger partial charge is 0.140 e. The van der Waals surface area contributed by atoms with Crippen molar-refractivity contribution >= 4 is 11.0 Å². The van der Waals surface area contributed by atoms with Crippen LogP contribution in [0.4, 0.5) is 0 Å². The highest BCUT2D eigenvalue weighted by Crippen LogP contribution is 2.29. The van der Waals surface area contributed by atoms with Crippen LogP contribution in [0.5, 0.6) is 0 Å². The Hall–Kier alpha value is -1.83. The molecule has 3 rings (SSSR count). The van der Waals surface area contributed by atoms with Gasteiger partial charge in [0.05, 0.1) is 6.04 Å². The van der Waals surface area contributed by atoms with Gasteiger partial charge in [-0.1, -0.05) is 30.7 Å². The molecular formula is C15H16N2. The van der Waals surface area contributed by atoms with E-state index in [4.69, 9.17) is 0 Å². The van der Waals surface area contributed by atoms with Crippen LogP contribution in [0.2, 0.25) is 0 Å². The second kappa shape index (κ2) is 3.88. The van der Waals surface area contributed by atoms with E-state index in [-0.39, 0.29) is 0 Å². The van der Waals surface area contributed by atoms with Crippen LogP contribution in [0.3, 0.4) is 0 Å². The Bertz CT molecular complexity index is 604. The van der Waals surface area contributed by atoms with Gasteiger partial charge in [0.15, 0.2) is 0 Å². The number of fused-ring (bicyclic) bond motifs is 1. The molecule has 2 aromatic rings. The minimum atomic E-state index is 0.381. The quantitative estimate of drug-likeness (QED) is 0.721. The van der Waals surface area contributed by atoms with Crippen molar-refractivity contribution in [3.8, 4) is 0 Å². The highest BCUT2D eigenvalue weighted by molar-refractivity contribution is 5.76. The molecule has 0 bridgehead atoms. The van der Waals surface area contributed by atoms with Gasteiger partial charge >= 0.3 is 0 Å². The topological polar surface area (TPSA) is 17.8 Å². The van der Waals surface area contributed by atoms with Crippen LogP contribution >= 0.6 is 0 Å². The molecule has 2 heterocycles. The lowest BCUT2D eigenvalue weighted by Gasteiger charge is -2.24. The fourth-order valence-corrected chi connectivity index (χ4v) is 2.57. The first-order valence-corrected chi connectivity index (χ1v) is 6.04. The minimum Gasteiger partial charge on any atom is -0.325 e. The van der Waals surface area contributed by atoms with Crippen molar-refractivity contribution in [1.29, 1.82) is 0 Å². The van der Waals surface area contributed by atoms with Crippen molar-refractivity contribution in [2.45, 2.75) is 19.9 Å². The molecule has 2 aromatic heterocycles. The Kier molecular flexibility index (Phi) is 2.36. The summed E-state index contributed by atoms with van der Waals surface area (Å²) in [5.74, 6) is 0.512. The van der Waals surface area contributed by atoms with E-state index in [1.54, 1.807) is 0 Å². The van der Waals surface area contributed by atoms with Crippen molar-refractivity contribution in [3.63, 3.8) is 0 Å². The Morgan fingerprint density at radius 3 is 3.00 bits per heavy atom. The SMILES string of the molecule is CC1=CC(C)C(n2ccc3cccnc32)C=C1. The van der Waals surface area contributed by atoms with Crippen molar-refractivity contribution in [2.75, 3.05) is 0 Å². The molecule has 0 aromatic carbocycles. The van der Waals surface area contributed by atoms with Gasteiger partial charge in [-0.15, -0.1) is 0 Å². The average Bonchev–Trinajstić information content (AvgIpc) is 2.73. The number of pyridine rings is 1. The predicted molar refractivity (Wildman–Crippen MR) is 70.8 cm³/mol.